The molecule has 0 saturated carbocycles. The molecule has 0 radical (unpaired) electrons. The van der Waals surface area contributed by atoms with E-state index in [1.165, 1.54) is 38.8 Å². The molecule has 2 aliphatic heterocycles. The highest BCUT2D eigenvalue weighted by Crippen LogP contribution is 2.55. The summed E-state index contributed by atoms with van der Waals surface area (Å²) in [6.45, 7) is 6.16. The van der Waals surface area contributed by atoms with Crippen molar-refractivity contribution in [1.29, 1.82) is 0 Å². The van der Waals surface area contributed by atoms with Gasteiger partial charge in [0.1, 0.15) is 25.4 Å². The number of aryl methyl sites for hydroxylation is 2. The van der Waals surface area contributed by atoms with Gasteiger partial charge in [0.25, 0.3) is 0 Å². The van der Waals surface area contributed by atoms with Crippen molar-refractivity contribution in [3.8, 4) is 11.1 Å². The molecule has 2 saturated heterocycles. The van der Waals surface area contributed by atoms with E-state index in [1.807, 2.05) is 6.07 Å². The van der Waals surface area contributed by atoms with Gasteiger partial charge in [-0.2, -0.15) is 0 Å². The monoisotopic (exact) mass is 500 g/mol. The molecule has 2 fully saturated rings. The van der Waals surface area contributed by atoms with Gasteiger partial charge in [0, 0.05) is 18.3 Å². The highest BCUT2D eigenvalue weighted by Gasteiger charge is 2.44. The molecule has 0 aromatic heterocycles. The van der Waals surface area contributed by atoms with Crippen LogP contribution in [0.4, 0.5) is 0 Å². The standard InChI is InChI=1S/C31H32O6/c1-19-11-25-26-13-21-5-3-4-6-22(21)14-28(26)31(27(25)12-20(19)2,9-7-29(32)36-17-23-15-34-23)10-8-30(33)37-18-24-16-35-24/h3-6,11-14,23-24H,7-10,15-18H2,1-2H3. The van der Waals surface area contributed by atoms with Crippen LogP contribution in [0.5, 0.6) is 0 Å². The van der Waals surface area contributed by atoms with Crippen molar-refractivity contribution in [1.82, 2.24) is 0 Å². The van der Waals surface area contributed by atoms with E-state index in [-0.39, 0.29) is 37.0 Å². The lowest BCUT2D eigenvalue weighted by Gasteiger charge is -2.32. The molecule has 3 aromatic rings. The number of rotatable bonds is 10. The van der Waals surface area contributed by atoms with Gasteiger partial charge in [0.15, 0.2) is 0 Å². The van der Waals surface area contributed by atoms with Crippen LogP contribution in [0.3, 0.4) is 0 Å². The van der Waals surface area contributed by atoms with E-state index in [1.54, 1.807) is 0 Å². The average molecular weight is 501 g/mol. The van der Waals surface area contributed by atoms with Crippen molar-refractivity contribution in [2.45, 2.75) is 57.2 Å². The van der Waals surface area contributed by atoms with Gasteiger partial charge in [0.2, 0.25) is 0 Å². The summed E-state index contributed by atoms with van der Waals surface area (Å²) in [7, 11) is 0. The van der Waals surface area contributed by atoms with Gasteiger partial charge < -0.3 is 18.9 Å². The maximum atomic E-state index is 12.8. The number of benzene rings is 3. The Hall–Kier alpha value is -3.22. The molecule has 0 bridgehead atoms. The Kier molecular flexibility index (Phi) is 6.25. The van der Waals surface area contributed by atoms with E-state index in [4.69, 9.17) is 18.9 Å². The Bertz CT molecular complexity index is 1340. The van der Waals surface area contributed by atoms with Crippen molar-refractivity contribution in [3.05, 3.63) is 70.8 Å². The van der Waals surface area contributed by atoms with Crippen LogP contribution in [0.2, 0.25) is 0 Å². The third-order valence-electron chi connectivity index (χ3n) is 8.02. The number of fused-ring (bicyclic) bond motifs is 4. The number of hydrogen-bond acceptors (Lipinski definition) is 6. The van der Waals surface area contributed by atoms with Crippen LogP contribution in [0.15, 0.2) is 48.5 Å². The lowest BCUT2D eigenvalue weighted by atomic mass is 9.70. The summed E-state index contributed by atoms with van der Waals surface area (Å²) in [5.74, 6) is -0.467. The number of carbonyl (C=O) groups is 2. The number of ether oxygens (including phenoxy) is 4. The number of hydrogen-bond donors (Lipinski definition) is 0. The van der Waals surface area contributed by atoms with Crippen LogP contribution in [-0.4, -0.2) is 50.6 Å². The minimum absolute atomic E-state index is 0.0352. The first kappa shape index (κ1) is 24.1. The normalized spacial score (nSPS) is 22.9. The van der Waals surface area contributed by atoms with Gasteiger partial charge in [-0.3, -0.25) is 9.59 Å². The molecular weight excluding hydrogens is 468 g/mol. The minimum atomic E-state index is -0.503. The molecule has 0 amide bonds. The van der Waals surface area contributed by atoms with Crippen molar-refractivity contribution >= 4 is 22.7 Å². The lowest BCUT2D eigenvalue weighted by Crippen LogP contribution is -2.28. The van der Waals surface area contributed by atoms with E-state index < -0.39 is 5.41 Å². The van der Waals surface area contributed by atoms with Crippen LogP contribution in [0.25, 0.3) is 21.9 Å². The highest BCUT2D eigenvalue weighted by atomic mass is 16.6. The molecule has 0 spiro atoms. The first-order valence-corrected chi connectivity index (χ1v) is 13.1. The van der Waals surface area contributed by atoms with Crippen molar-refractivity contribution in [2.75, 3.05) is 26.4 Å². The van der Waals surface area contributed by atoms with Gasteiger partial charge in [0.05, 0.1) is 13.2 Å². The van der Waals surface area contributed by atoms with E-state index in [2.05, 4.69) is 56.3 Å². The fraction of sp³-hybridized carbons (Fsp3) is 0.419. The molecule has 2 atom stereocenters. The third-order valence-corrected chi connectivity index (χ3v) is 8.02. The summed E-state index contributed by atoms with van der Waals surface area (Å²) < 4.78 is 21.3. The lowest BCUT2D eigenvalue weighted by molar-refractivity contribution is -0.144. The fourth-order valence-corrected chi connectivity index (χ4v) is 5.58. The minimum Gasteiger partial charge on any atom is -0.463 e. The van der Waals surface area contributed by atoms with Crippen molar-refractivity contribution in [2.24, 2.45) is 0 Å². The summed E-state index contributed by atoms with van der Waals surface area (Å²) in [4.78, 5) is 25.5. The summed E-state index contributed by atoms with van der Waals surface area (Å²) in [5.41, 5.74) is 6.63. The van der Waals surface area contributed by atoms with E-state index in [9.17, 15) is 9.59 Å². The largest absolute Gasteiger partial charge is 0.463 e. The maximum absolute atomic E-state index is 12.8. The number of esters is 2. The quantitative estimate of drug-likeness (QED) is 0.282. The molecular formula is C31H32O6. The molecule has 6 rings (SSSR count). The van der Waals surface area contributed by atoms with E-state index >= 15 is 0 Å². The van der Waals surface area contributed by atoms with Gasteiger partial charge in [-0.1, -0.05) is 36.4 Å². The van der Waals surface area contributed by atoms with Crippen LogP contribution in [0.1, 0.15) is 47.9 Å². The molecule has 6 heteroatoms. The zero-order valence-corrected chi connectivity index (χ0v) is 21.4. The number of epoxide rings is 2. The van der Waals surface area contributed by atoms with Gasteiger partial charge >= 0.3 is 11.9 Å². The van der Waals surface area contributed by atoms with Crippen molar-refractivity contribution < 1.29 is 28.5 Å². The van der Waals surface area contributed by atoms with Gasteiger partial charge in [-0.25, -0.2) is 0 Å². The Labute approximate surface area is 216 Å². The summed E-state index contributed by atoms with van der Waals surface area (Å²) in [5, 5.41) is 2.32. The molecule has 1 aliphatic carbocycles. The second-order valence-electron chi connectivity index (χ2n) is 10.6. The Morgan fingerprint density at radius 2 is 1.27 bits per heavy atom. The molecule has 192 valence electrons. The molecule has 6 nitrogen and oxygen atoms in total. The molecule has 37 heavy (non-hydrogen) atoms. The SMILES string of the molecule is Cc1cc2c(cc1C)C(CCC(=O)OCC1CO1)(CCC(=O)OCC1CO1)c1cc3ccccc3cc1-2. The van der Waals surface area contributed by atoms with Crippen LogP contribution >= 0.6 is 0 Å². The van der Waals surface area contributed by atoms with E-state index in [0.717, 1.165) is 5.39 Å². The summed E-state index contributed by atoms with van der Waals surface area (Å²) in [6.07, 6.45) is 1.70. The Morgan fingerprint density at radius 1 is 0.784 bits per heavy atom. The zero-order valence-electron chi connectivity index (χ0n) is 21.4. The molecule has 2 unspecified atom stereocenters. The topological polar surface area (TPSA) is 77.7 Å². The predicted octanol–water partition coefficient (Wildman–Crippen LogP) is 5.17. The smallest absolute Gasteiger partial charge is 0.305 e. The molecule has 3 aromatic carbocycles. The molecule has 3 aliphatic rings. The molecule has 0 N–H and O–H groups in total. The zero-order chi connectivity index (χ0) is 25.6. The average Bonchev–Trinajstić information content (AvgIpc) is 3.83. The highest BCUT2D eigenvalue weighted by molar-refractivity contribution is 5.94. The summed E-state index contributed by atoms with van der Waals surface area (Å²) >= 11 is 0. The Balaban J connectivity index is 1.39. The summed E-state index contributed by atoms with van der Waals surface area (Å²) in [6, 6.07) is 17.4. The predicted molar refractivity (Wildman–Crippen MR) is 140 cm³/mol. The first-order valence-electron chi connectivity index (χ1n) is 13.1. The maximum Gasteiger partial charge on any atom is 0.305 e. The van der Waals surface area contributed by atoms with Crippen LogP contribution in [-0.2, 0) is 34.0 Å². The van der Waals surface area contributed by atoms with Crippen LogP contribution in [0, 0.1) is 13.8 Å². The fourth-order valence-electron chi connectivity index (χ4n) is 5.58. The second kappa shape index (κ2) is 9.58. The van der Waals surface area contributed by atoms with Gasteiger partial charge in [-0.15, -0.1) is 0 Å². The third kappa shape index (κ3) is 4.88. The van der Waals surface area contributed by atoms with Crippen LogP contribution < -0.4 is 0 Å². The second-order valence-corrected chi connectivity index (χ2v) is 10.6. The first-order chi connectivity index (χ1) is 17.9. The van der Waals surface area contributed by atoms with Crippen molar-refractivity contribution in [3.63, 3.8) is 0 Å². The molecule has 2 heterocycles. The Morgan fingerprint density at radius 3 is 1.84 bits per heavy atom. The van der Waals surface area contributed by atoms with Gasteiger partial charge in [-0.05, 0) is 83.0 Å². The van der Waals surface area contributed by atoms with E-state index in [0.29, 0.717) is 39.3 Å². The number of carbonyl (C=O) groups excluding carboxylic acids is 2.